The van der Waals surface area contributed by atoms with Crippen molar-refractivity contribution < 1.29 is 19.0 Å². The van der Waals surface area contributed by atoms with Crippen LogP contribution in [0.3, 0.4) is 0 Å². The molecule has 0 aromatic heterocycles. The number of carbonyl (C=O) groups is 1. The molecule has 0 radical (unpaired) electrons. The number of likely N-dealkylation sites (tertiary alicyclic amines) is 1. The molecule has 2 atom stereocenters. The van der Waals surface area contributed by atoms with Gasteiger partial charge in [-0.1, -0.05) is 12.8 Å². The first-order chi connectivity index (χ1) is 11.0. The Morgan fingerprint density at radius 3 is 3.04 bits per heavy atom. The normalized spacial score (nSPS) is 27.3. The van der Waals surface area contributed by atoms with Gasteiger partial charge in [-0.25, -0.2) is 9.18 Å². The quantitative estimate of drug-likeness (QED) is 0.880. The van der Waals surface area contributed by atoms with Gasteiger partial charge >= 0.3 is 6.03 Å². The minimum atomic E-state index is -0.619. The molecule has 2 unspecified atom stereocenters. The first-order valence-corrected chi connectivity index (χ1v) is 8.14. The zero-order valence-electron chi connectivity index (χ0n) is 13.3. The first kappa shape index (κ1) is 16.1. The fourth-order valence-electron chi connectivity index (χ4n) is 3.73. The van der Waals surface area contributed by atoms with E-state index in [1.54, 1.807) is 4.90 Å². The zero-order chi connectivity index (χ0) is 16.4. The van der Waals surface area contributed by atoms with E-state index in [0.29, 0.717) is 30.9 Å². The Balaban J connectivity index is 1.68. The number of aliphatic hydroxyl groups is 1. The number of benzene rings is 1. The van der Waals surface area contributed by atoms with Crippen LogP contribution in [0, 0.1) is 11.7 Å². The maximum atomic E-state index is 13.4. The highest BCUT2D eigenvalue weighted by Crippen LogP contribution is 2.40. The lowest BCUT2D eigenvalue weighted by Gasteiger charge is -2.47. The van der Waals surface area contributed by atoms with Crippen LogP contribution in [0.25, 0.3) is 0 Å². The molecule has 1 aromatic carbocycles. The summed E-state index contributed by atoms with van der Waals surface area (Å²) in [5, 5.41) is 13.4. The van der Waals surface area contributed by atoms with E-state index in [-0.39, 0.29) is 11.9 Å². The number of amides is 2. The molecule has 6 heteroatoms. The Morgan fingerprint density at radius 2 is 2.26 bits per heavy atom. The van der Waals surface area contributed by atoms with Gasteiger partial charge in [0.25, 0.3) is 0 Å². The number of rotatable bonds is 2. The SMILES string of the molecule is COc1ccc(F)cc1NC(=O)N1CCC2(O)CCCCC2C1. The van der Waals surface area contributed by atoms with Crippen LogP contribution in [0.4, 0.5) is 14.9 Å². The lowest BCUT2D eigenvalue weighted by atomic mass is 9.71. The summed E-state index contributed by atoms with van der Waals surface area (Å²) in [6, 6.07) is 3.75. The highest BCUT2D eigenvalue weighted by molar-refractivity contribution is 5.91. The molecule has 23 heavy (non-hydrogen) atoms. The Labute approximate surface area is 135 Å². The number of nitrogens with one attached hydrogen (secondary N) is 1. The van der Waals surface area contributed by atoms with E-state index in [1.807, 2.05) is 0 Å². The molecule has 126 valence electrons. The minimum Gasteiger partial charge on any atom is -0.495 e. The van der Waals surface area contributed by atoms with E-state index in [4.69, 9.17) is 4.74 Å². The van der Waals surface area contributed by atoms with Crippen LogP contribution in [0.15, 0.2) is 18.2 Å². The Hall–Kier alpha value is -1.82. The van der Waals surface area contributed by atoms with Gasteiger partial charge in [0.05, 0.1) is 18.4 Å². The molecule has 2 N–H and O–H groups in total. The third kappa shape index (κ3) is 3.27. The van der Waals surface area contributed by atoms with Gasteiger partial charge in [-0.2, -0.15) is 0 Å². The van der Waals surface area contributed by atoms with Crippen molar-refractivity contribution in [3.05, 3.63) is 24.0 Å². The van der Waals surface area contributed by atoms with Crippen LogP contribution in [0.2, 0.25) is 0 Å². The topological polar surface area (TPSA) is 61.8 Å². The van der Waals surface area contributed by atoms with Gasteiger partial charge in [0.1, 0.15) is 11.6 Å². The molecule has 1 aromatic rings. The lowest BCUT2D eigenvalue weighted by Crippen LogP contribution is -2.55. The Bertz CT molecular complexity index is 595. The third-order valence-electron chi connectivity index (χ3n) is 5.12. The van der Waals surface area contributed by atoms with E-state index >= 15 is 0 Å². The number of hydrogen-bond acceptors (Lipinski definition) is 3. The van der Waals surface area contributed by atoms with Crippen molar-refractivity contribution in [1.29, 1.82) is 0 Å². The predicted molar refractivity (Wildman–Crippen MR) is 85.1 cm³/mol. The van der Waals surface area contributed by atoms with Crippen LogP contribution < -0.4 is 10.1 Å². The van der Waals surface area contributed by atoms with Crippen LogP contribution in [0.1, 0.15) is 32.1 Å². The van der Waals surface area contributed by atoms with E-state index in [9.17, 15) is 14.3 Å². The molecule has 1 saturated carbocycles. The summed E-state index contributed by atoms with van der Waals surface area (Å²) >= 11 is 0. The van der Waals surface area contributed by atoms with Crippen LogP contribution in [-0.2, 0) is 0 Å². The van der Waals surface area contributed by atoms with E-state index < -0.39 is 11.4 Å². The van der Waals surface area contributed by atoms with Gasteiger partial charge in [-0.3, -0.25) is 0 Å². The molecule has 1 aliphatic carbocycles. The van der Waals surface area contributed by atoms with Crippen LogP contribution >= 0.6 is 0 Å². The number of hydrogen-bond donors (Lipinski definition) is 2. The van der Waals surface area contributed by atoms with Gasteiger partial charge < -0.3 is 20.1 Å². The number of fused-ring (bicyclic) bond motifs is 1. The number of halogens is 1. The van der Waals surface area contributed by atoms with Crippen molar-refractivity contribution in [2.24, 2.45) is 5.92 Å². The molecular weight excluding hydrogens is 299 g/mol. The van der Waals surface area contributed by atoms with Crippen LogP contribution in [-0.4, -0.2) is 41.8 Å². The summed E-state index contributed by atoms with van der Waals surface area (Å²) in [6.07, 6.45) is 4.53. The summed E-state index contributed by atoms with van der Waals surface area (Å²) in [4.78, 5) is 14.2. The number of piperidine rings is 1. The highest BCUT2D eigenvalue weighted by atomic mass is 19.1. The van der Waals surface area contributed by atoms with Gasteiger partial charge in [-0.05, 0) is 31.4 Å². The van der Waals surface area contributed by atoms with Gasteiger partial charge in [0, 0.05) is 25.1 Å². The molecule has 2 amide bonds. The van der Waals surface area contributed by atoms with Crippen molar-refractivity contribution >= 4 is 11.7 Å². The molecule has 0 spiro atoms. The summed E-state index contributed by atoms with van der Waals surface area (Å²) in [6.45, 7) is 1.05. The van der Waals surface area contributed by atoms with Crippen LogP contribution in [0.5, 0.6) is 5.75 Å². The molecular formula is C17H23FN2O3. The molecule has 1 aliphatic heterocycles. The van der Waals surface area contributed by atoms with Gasteiger partial charge in [0.2, 0.25) is 0 Å². The van der Waals surface area contributed by atoms with E-state index in [1.165, 1.54) is 25.3 Å². The molecule has 2 aliphatic rings. The van der Waals surface area contributed by atoms with Gasteiger partial charge in [0.15, 0.2) is 0 Å². The maximum absolute atomic E-state index is 13.4. The first-order valence-electron chi connectivity index (χ1n) is 8.14. The van der Waals surface area contributed by atoms with Crippen molar-refractivity contribution in [2.75, 3.05) is 25.5 Å². The second-order valence-electron chi connectivity index (χ2n) is 6.52. The van der Waals surface area contributed by atoms with E-state index in [2.05, 4.69) is 5.32 Å². The summed E-state index contributed by atoms with van der Waals surface area (Å²) in [5.41, 5.74) is -0.298. The predicted octanol–water partition coefficient (Wildman–Crippen LogP) is 2.99. The smallest absolute Gasteiger partial charge is 0.321 e. The monoisotopic (exact) mass is 322 g/mol. The average Bonchev–Trinajstić information content (AvgIpc) is 2.54. The number of nitrogens with zero attached hydrogens (tertiary/aromatic N) is 1. The molecule has 3 rings (SSSR count). The van der Waals surface area contributed by atoms with Crippen molar-refractivity contribution in [3.63, 3.8) is 0 Å². The number of urea groups is 1. The molecule has 5 nitrogen and oxygen atoms in total. The lowest BCUT2D eigenvalue weighted by molar-refractivity contribution is -0.0863. The number of carbonyl (C=O) groups excluding carboxylic acids is 1. The van der Waals surface area contributed by atoms with Crippen molar-refractivity contribution in [3.8, 4) is 5.75 Å². The standard InChI is InChI=1S/C17H23FN2O3/c1-23-15-6-5-13(18)10-14(15)19-16(21)20-9-8-17(22)7-3-2-4-12(17)11-20/h5-6,10,12,22H,2-4,7-9,11H2,1H3,(H,19,21). The second-order valence-corrected chi connectivity index (χ2v) is 6.52. The largest absolute Gasteiger partial charge is 0.495 e. The number of ether oxygens (including phenoxy) is 1. The zero-order valence-corrected chi connectivity index (χ0v) is 13.3. The Kier molecular flexibility index (Phi) is 4.43. The fraction of sp³-hybridized carbons (Fsp3) is 0.588. The minimum absolute atomic E-state index is 0.130. The average molecular weight is 322 g/mol. The molecule has 1 heterocycles. The number of anilines is 1. The summed E-state index contributed by atoms with van der Waals surface area (Å²) in [5.74, 6) is 0.123. The maximum Gasteiger partial charge on any atom is 0.321 e. The Morgan fingerprint density at radius 1 is 1.43 bits per heavy atom. The van der Waals surface area contributed by atoms with E-state index in [0.717, 1.165) is 25.7 Å². The highest BCUT2D eigenvalue weighted by Gasteiger charge is 2.43. The summed E-state index contributed by atoms with van der Waals surface area (Å²) in [7, 11) is 1.48. The fourth-order valence-corrected chi connectivity index (χ4v) is 3.73. The molecule has 0 bridgehead atoms. The third-order valence-corrected chi connectivity index (χ3v) is 5.12. The molecule has 1 saturated heterocycles. The van der Waals surface area contributed by atoms with Crippen molar-refractivity contribution in [1.82, 2.24) is 4.90 Å². The second kappa shape index (κ2) is 6.35. The van der Waals surface area contributed by atoms with Gasteiger partial charge in [-0.15, -0.1) is 0 Å². The number of methoxy groups -OCH3 is 1. The van der Waals surface area contributed by atoms with Crippen molar-refractivity contribution in [2.45, 2.75) is 37.7 Å². The molecule has 2 fully saturated rings. The summed E-state index contributed by atoms with van der Waals surface area (Å²) < 4.78 is 18.5.